The van der Waals surface area contributed by atoms with Gasteiger partial charge in [0.1, 0.15) is 0 Å². The first kappa shape index (κ1) is 16.4. The van der Waals surface area contributed by atoms with Crippen LogP contribution in [0.2, 0.25) is 0 Å². The largest absolute Gasteiger partial charge is 0.338 e. The molecule has 126 valence electrons. The Morgan fingerprint density at radius 1 is 1.00 bits per heavy atom. The summed E-state index contributed by atoms with van der Waals surface area (Å²) < 4.78 is 0. The molecule has 3 rings (SSSR count). The summed E-state index contributed by atoms with van der Waals surface area (Å²) in [5.74, 6) is 0.919. The number of aryl methyl sites for hydroxylation is 1. The predicted molar refractivity (Wildman–Crippen MR) is 95.0 cm³/mol. The third-order valence-electron chi connectivity index (χ3n) is 4.71. The second-order valence-electron chi connectivity index (χ2n) is 6.82. The minimum atomic E-state index is -0.515. The van der Waals surface area contributed by atoms with E-state index in [9.17, 15) is 4.79 Å². The van der Waals surface area contributed by atoms with Crippen LogP contribution in [0.15, 0.2) is 42.7 Å². The maximum Gasteiger partial charge on any atom is 0.232 e. The molecule has 0 N–H and O–H groups in total. The molecule has 1 aliphatic heterocycles. The SMILES string of the molecule is Cc1ccc(C(C)(C)C(=O)N2CCN(c3ncccn3)CC2)cc1. The van der Waals surface area contributed by atoms with Crippen LogP contribution in [-0.2, 0) is 10.2 Å². The molecule has 1 aromatic carbocycles. The van der Waals surface area contributed by atoms with Crippen molar-refractivity contribution in [2.24, 2.45) is 0 Å². The highest BCUT2D eigenvalue weighted by atomic mass is 16.2. The fourth-order valence-electron chi connectivity index (χ4n) is 3.05. The van der Waals surface area contributed by atoms with Crippen molar-refractivity contribution in [3.63, 3.8) is 0 Å². The molecular formula is C19H24N4O. The summed E-state index contributed by atoms with van der Waals surface area (Å²) in [5.41, 5.74) is 1.75. The number of carbonyl (C=O) groups is 1. The number of anilines is 1. The number of hydrogen-bond acceptors (Lipinski definition) is 4. The zero-order valence-electron chi connectivity index (χ0n) is 14.6. The van der Waals surface area contributed by atoms with Crippen LogP contribution in [0.4, 0.5) is 5.95 Å². The van der Waals surface area contributed by atoms with E-state index in [0.717, 1.165) is 24.6 Å². The van der Waals surface area contributed by atoms with Crippen LogP contribution >= 0.6 is 0 Å². The highest BCUT2D eigenvalue weighted by Crippen LogP contribution is 2.27. The molecule has 1 aliphatic rings. The maximum absolute atomic E-state index is 13.0. The van der Waals surface area contributed by atoms with Gasteiger partial charge in [-0.15, -0.1) is 0 Å². The topological polar surface area (TPSA) is 49.3 Å². The molecule has 0 spiro atoms. The molecule has 0 saturated carbocycles. The number of amides is 1. The summed E-state index contributed by atoms with van der Waals surface area (Å²) in [6, 6.07) is 10.1. The number of hydrogen-bond donors (Lipinski definition) is 0. The van der Waals surface area contributed by atoms with Gasteiger partial charge in [-0.2, -0.15) is 0 Å². The summed E-state index contributed by atoms with van der Waals surface area (Å²) in [7, 11) is 0. The monoisotopic (exact) mass is 324 g/mol. The second-order valence-corrected chi connectivity index (χ2v) is 6.82. The maximum atomic E-state index is 13.0. The van der Waals surface area contributed by atoms with Crippen molar-refractivity contribution in [3.8, 4) is 0 Å². The second kappa shape index (κ2) is 6.59. The van der Waals surface area contributed by atoms with Gasteiger partial charge in [-0.3, -0.25) is 4.79 Å². The van der Waals surface area contributed by atoms with Gasteiger partial charge >= 0.3 is 0 Å². The molecular weight excluding hydrogens is 300 g/mol. The minimum Gasteiger partial charge on any atom is -0.338 e. The lowest BCUT2D eigenvalue weighted by Gasteiger charge is -2.38. The Morgan fingerprint density at radius 3 is 2.17 bits per heavy atom. The normalized spacial score (nSPS) is 15.5. The Bertz CT molecular complexity index is 689. The molecule has 0 bridgehead atoms. The first-order valence-electron chi connectivity index (χ1n) is 8.37. The van der Waals surface area contributed by atoms with Crippen molar-refractivity contribution in [3.05, 3.63) is 53.9 Å². The van der Waals surface area contributed by atoms with E-state index in [0.29, 0.717) is 13.1 Å². The average molecular weight is 324 g/mol. The van der Waals surface area contributed by atoms with Crippen LogP contribution in [0.1, 0.15) is 25.0 Å². The first-order valence-corrected chi connectivity index (χ1v) is 8.37. The molecule has 2 aromatic rings. The highest BCUT2D eigenvalue weighted by molar-refractivity contribution is 5.87. The predicted octanol–water partition coefficient (Wildman–Crippen LogP) is 2.41. The first-order chi connectivity index (χ1) is 11.5. The third kappa shape index (κ3) is 3.25. The molecule has 1 fully saturated rings. The quantitative estimate of drug-likeness (QED) is 0.870. The summed E-state index contributed by atoms with van der Waals surface area (Å²) >= 11 is 0. The van der Waals surface area contributed by atoms with E-state index in [1.165, 1.54) is 5.56 Å². The van der Waals surface area contributed by atoms with E-state index in [4.69, 9.17) is 0 Å². The molecule has 2 heterocycles. The van der Waals surface area contributed by atoms with Crippen LogP contribution in [-0.4, -0.2) is 47.0 Å². The van der Waals surface area contributed by atoms with E-state index in [1.54, 1.807) is 12.4 Å². The lowest BCUT2D eigenvalue weighted by Crippen LogP contribution is -2.53. The van der Waals surface area contributed by atoms with Gasteiger partial charge < -0.3 is 9.80 Å². The summed E-state index contributed by atoms with van der Waals surface area (Å²) in [5, 5.41) is 0. The van der Waals surface area contributed by atoms with Gasteiger partial charge in [0.05, 0.1) is 5.41 Å². The molecule has 1 saturated heterocycles. The van der Waals surface area contributed by atoms with Gasteiger partial charge in [-0.25, -0.2) is 9.97 Å². The van der Waals surface area contributed by atoms with Gasteiger partial charge in [0.15, 0.2) is 0 Å². The Kier molecular flexibility index (Phi) is 4.51. The van der Waals surface area contributed by atoms with Crippen LogP contribution in [0.3, 0.4) is 0 Å². The van der Waals surface area contributed by atoms with Crippen LogP contribution in [0.25, 0.3) is 0 Å². The van der Waals surface area contributed by atoms with E-state index in [-0.39, 0.29) is 5.91 Å². The summed E-state index contributed by atoms with van der Waals surface area (Å²) in [6.07, 6.45) is 3.50. The number of nitrogens with zero attached hydrogens (tertiary/aromatic N) is 4. The molecule has 0 aliphatic carbocycles. The van der Waals surface area contributed by atoms with E-state index >= 15 is 0 Å². The zero-order chi connectivity index (χ0) is 17.2. The number of rotatable bonds is 3. The van der Waals surface area contributed by atoms with E-state index in [1.807, 2.05) is 24.8 Å². The van der Waals surface area contributed by atoms with Crippen molar-refractivity contribution < 1.29 is 4.79 Å². The van der Waals surface area contributed by atoms with Crippen LogP contribution in [0.5, 0.6) is 0 Å². The Hall–Kier alpha value is -2.43. The van der Waals surface area contributed by atoms with Crippen LogP contribution in [0, 0.1) is 6.92 Å². The lowest BCUT2D eigenvalue weighted by molar-refractivity contribution is -0.136. The van der Waals surface area contributed by atoms with Crippen molar-refractivity contribution in [2.45, 2.75) is 26.2 Å². The summed E-state index contributed by atoms with van der Waals surface area (Å²) in [4.78, 5) is 25.7. The van der Waals surface area contributed by atoms with Gasteiger partial charge in [0, 0.05) is 38.6 Å². The molecule has 0 radical (unpaired) electrons. The molecule has 1 aromatic heterocycles. The smallest absolute Gasteiger partial charge is 0.232 e. The Labute approximate surface area is 143 Å². The van der Waals surface area contributed by atoms with E-state index < -0.39 is 5.41 Å². The van der Waals surface area contributed by atoms with Crippen molar-refractivity contribution in [2.75, 3.05) is 31.1 Å². The fourth-order valence-corrected chi connectivity index (χ4v) is 3.05. The Balaban J connectivity index is 1.67. The Morgan fingerprint density at radius 2 is 1.58 bits per heavy atom. The highest BCUT2D eigenvalue weighted by Gasteiger charge is 2.35. The molecule has 1 amide bonds. The van der Waals surface area contributed by atoms with Crippen molar-refractivity contribution in [1.82, 2.24) is 14.9 Å². The average Bonchev–Trinajstić information content (AvgIpc) is 2.62. The number of piperazine rings is 1. The van der Waals surface area contributed by atoms with Gasteiger partial charge in [0.2, 0.25) is 11.9 Å². The molecule has 0 atom stereocenters. The van der Waals surface area contributed by atoms with Gasteiger partial charge in [-0.05, 0) is 32.4 Å². The van der Waals surface area contributed by atoms with Crippen LogP contribution < -0.4 is 4.90 Å². The molecule has 0 unspecified atom stereocenters. The van der Waals surface area contributed by atoms with Gasteiger partial charge in [0.25, 0.3) is 0 Å². The summed E-state index contributed by atoms with van der Waals surface area (Å²) in [6.45, 7) is 9.00. The number of benzene rings is 1. The van der Waals surface area contributed by atoms with Crippen molar-refractivity contribution >= 4 is 11.9 Å². The number of carbonyl (C=O) groups excluding carboxylic acids is 1. The standard InChI is InChI=1S/C19H24N4O/c1-15-5-7-16(8-6-15)19(2,3)17(24)22-11-13-23(14-12-22)18-20-9-4-10-21-18/h4-10H,11-14H2,1-3H3. The lowest BCUT2D eigenvalue weighted by atomic mass is 9.82. The molecule has 5 nitrogen and oxygen atoms in total. The van der Waals surface area contributed by atoms with Gasteiger partial charge in [-0.1, -0.05) is 29.8 Å². The zero-order valence-corrected chi connectivity index (χ0v) is 14.6. The van der Waals surface area contributed by atoms with E-state index in [2.05, 4.69) is 46.1 Å². The van der Waals surface area contributed by atoms with Crippen molar-refractivity contribution in [1.29, 1.82) is 0 Å². The molecule has 24 heavy (non-hydrogen) atoms. The number of aromatic nitrogens is 2. The fraction of sp³-hybridized carbons (Fsp3) is 0.421. The molecule has 5 heteroatoms. The minimum absolute atomic E-state index is 0.181. The third-order valence-corrected chi connectivity index (χ3v) is 4.71.